The molecular weight excluding hydrogens is 190 g/mol. The Morgan fingerprint density at radius 3 is 2.85 bits per heavy atom. The van der Waals surface area contributed by atoms with Gasteiger partial charge in [-0.25, -0.2) is 13.6 Å². The average molecular weight is 207 g/mol. The summed E-state index contributed by atoms with van der Waals surface area (Å²) in [7, 11) is -3.30. The van der Waals surface area contributed by atoms with Gasteiger partial charge in [0.25, 0.3) is 0 Å². The molecule has 0 aromatic carbocycles. The van der Waals surface area contributed by atoms with Crippen LogP contribution in [0, 0.1) is 0 Å². The third-order valence-corrected chi connectivity index (χ3v) is 2.90. The minimum absolute atomic E-state index is 0.0553. The van der Waals surface area contributed by atoms with E-state index in [0.717, 1.165) is 19.6 Å². The molecule has 1 aliphatic heterocycles. The van der Waals surface area contributed by atoms with Crippen molar-refractivity contribution in [2.75, 3.05) is 31.9 Å². The van der Waals surface area contributed by atoms with Crippen LogP contribution in [0.15, 0.2) is 0 Å². The highest BCUT2D eigenvalue weighted by molar-refractivity contribution is 7.89. The van der Waals surface area contributed by atoms with Crippen molar-refractivity contribution < 1.29 is 8.42 Å². The van der Waals surface area contributed by atoms with Crippen molar-refractivity contribution in [3.8, 4) is 0 Å². The van der Waals surface area contributed by atoms with E-state index < -0.39 is 10.0 Å². The second kappa shape index (κ2) is 4.36. The molecule has 78 valence electrons. The first-order chi connectivity index (χ1) is 5.97. The third kappa shape index (κ3) is 4.56. The van der Waals surface area contributed by atoms with E-state index in [9.17, 15) is 8.42 Å². The summed E-state index contributed by atoms with van der Waals surface area (Å²) in [6, 6.07) is 0.439. The summed E-state index contributed by atoms with van der Waals surface area (Å²) in [4.78, 5) is 2.12. The zero-order valence-electron chi connectivity index (χ0n) is 7.86. The monoisotopic (exact) mass is 207 g/mol. The molecule has 0 radical (unpaired) electrons. The second-order valence-corrected chi connectivity index (χ2v) is 5.26. The minimum atomic E-state index is -3.30. The summed E-state index contributed by atoms with van der Waals surface area (Å²) >= 11 is 0. The Bertz CT molecular complexity index is 252. The van der Waals surface area contributed by atoms with Gasteiger partial charge in [0.2, 0.25) is 10.0 Å². The van der Waals surface area contributed by atoms with Crippen LogP contribution in [0.25, 0.3) is 0 Å². The molecule has 3 N–H and O–H groups in total. The second-order valence-electron chi connectivity index (χ2n) is 3.52. The smallest absolute Gasteiger partial charge is 0.210 e. The van der Waals surface area contributed by atoms with Gasteiger partial charge in [0.05, 0.1) is 5.75 Å². The molecular formula is C7H17N3O2S. The number of sulfonamides is 1. The Balaban J connectivity index is 2.29. The van der Waals surface area contributed by atoms with E-state index in [1.807, 2.05) is 0 Å². The highest BCUT2D eigenvalue weighted by atomic mass is 32.2. The first-order valence-corrected chi connectivity index (χ1v) is 6.15. The molecule has 1 atom stereocenters. The fourth-order valence-electron chi connectivity index (χ4n) is 1.47. The minimum Gasteiger partial charge on any atom is -0.312 e. The largest absolute Gasteiger partial charge is 0.312 e. The Kier molecular flexibility index (Phi) is 3.66. The molecule has 1 heterocycles. The van der Waals surface area contributed by atoms with Crippen molar-refractivity contribution in [2.24, 2.45) is 5.14 Å². The van der Waals surface area contributed by atoms with Gasteiger partial charge in [-0.15, -0.1) is 0 Å². The van der Waals surface area contributed by atoms with Gasteiger partial charge >= 0.3 is 0 Å². The maximum atomic E-state index is 10.7. The summed E-state index contributed by atoms with van der Waals surface area (Å²) < 4.78 is 21.4. The molecule has 13 heavy (non-hydrogen) atoms. The van der Waals surface area contributed by atoms with Crippen molar-refractivity contribution in [3.63, 3.8) is 0 Å². The van der Waals surface area contributed by atoms with Gasteiger partial charge in [0.1, 0.15) is 0 Å². The van der Waals surface area contributed by atoms with E-state index in [1.54, 1.807) is 0 Å². The number of hydrogen-bond donors (Lipinski definition) is 2. The predicted octanol–water partition coefficient (Wildman–Crippen LogP) is -1.43. The van der Waals surface area contributed by atoms with E-state index in [-0.39, 0.29) is 5.75 Å². The summed E-state index contributed by atoms with van der Waals surface area (Å²) in [5, 5.41) is 8.20. The van der Waals surface area contributed by atoms with Gasteiger partial charge < -0.3 is 5.32 Å². The van der Waals surface area contributed by atoms with E-state index in [1.165, 1.54) is 0 Å². The first-order valence-electron chi connectivity index (χ1n) is 4.43. The molecule has 1 unspecified atom stereocenters. The molecule has 1 aliphatic rings. The molecule has 6 heteroatoms. The Labute approximate surface area is 79.3 Å². The molecule has 1 rings (SSSR count). The van der Waals surface area contributed by atoms with Crippen LogP contribution in [0.4, 0.5) is 0 Å². The maximum absolute atomic E-state index is 10.7. The van der Waals surface area contributed by atoms with Crippen molar-refractivity contribution in [3.05, 3.63) is 0 Å². The average Bonchev–Trinajstić information content (AvgIpc) is 2.00. The van der Waals surface area contributed by atoms with E-state index in [0.29, 0.717) is 12.6 Å². The first kappa shape index (κ1) is 10.9. The summed E-state index contributed by atoms with van der Waals surface area (Å²) in [6.45, 7) is 5.36. The highest BCUT2D eigenvalue weighted by Gasteiger charge is 2.16. The molecule has 0 bridgehead atoms. The SMILES string of the molecule is CC1CN(CCS(N)(=O)=O)CCN1. The van der Waals surface area contributed by atoms with Gasteiger partial charge in [0.15, 0.2) is 0 Å². The van der Waals surface area contributed by atoms with Gasteiger partial charge in [-0.1, -0.05) is 0 Å². The maximum Gasteiger partial charge on any atom is 0.210 e. The molecule has 0 aromatic rings. The zero-order chi connectivity index (χ0) is 9.90. The number of rotatable bonds is 3. The fourth-order valence-corrected chi connectivity index (χ4v) is 1.98. The van der Waals surface area contributed by atoms with Gasteiger partial charge in [-0.2, -0.15) is 0 Å². The van der Waals surface area contributed by atoms with Crippen LogP contribution in [-0.4, -0.2) is 51.3 Å². The number of nitrogens with one attached hydrogen (secondary N) is 1. The molecule has 0 spiro atoms. The van der Waals surface area contributed by atoms with Crippen LogP contribution >= 0.6 is 0 Å². The lowest BCUT2D eigenvalue weighted by molar-refractivity contribution is 0.217. The summed E-state index contributed by atoms with van der Waals surface area (Å²) in [6.07, 6.45) is 0. The van der Waals surface area contributed by atoms with E-state index in [2.05, 4.69) is 17.1 Å². The Morgan fingerprint density at radius 1 is 1.62 bits per heavy atom. The molecule has 1 saturated heterocycles. The molecule has 1 fully saturated rings. The number of primary sulfonamides is 1. The molecule has 0 aromatic heterocycles. The Morgan fingerprint density at radius 2 is 2.31 bits per heavy atom. The van der Waals surface area contributed by atoms with Crippen molar-refractivity contribution in [1.29, 1.82) is 0 Å². The molecule has 5 nitrogen and oxygen atoms in total. The summed E-state index contributed by atoms with van der Waals surface area (Å²) in [5.74, 6) is 0.0553. The van der Waals surface area contributed by atoms with Crippen molar-refractivity contribution in [1.82, 2.24) is 10.2 Å². The van der Waals surface area contributed by atoms with Crippen LogP contribution < -0.4 is 10.5 Å². The Hall–Kier alpha value is -0.170. The lowest BCUT2D eigenvalue weighted by Gasteiger charge is -2.31. The number of hydrogen-bond acceptors (Lipinski definition) is 4. The van der Waals surface area contributed by atoms with Gasteiger partial charge in [-0.3, -0.25) is 4.90 Å². The third-order valence-electron chi connectivity index (χ3n) is 2.14. The molecule has 0 aliphatic carbocycles. The van der Waals surface area contributed by atoms with Crippen LogP contribution in [0.5, 0.6) is 0 Å². The quantitative estimate of drug-likeness (QED) is 0.595. The van der Waals surface area contributed by atoms with Crippen LogP contribution in [-0.2, 0) is 10.0 Å². The normalized spacial score (nSPS) is 26.2. The van der Waals surface area contributed by atoms with Gasteiger partial charge in [-0.05, 0) is 6.92 Å². The standard InChI is InChI=1S/C7H17N3O2S/c1-7-6-10(3-2-9-7)4-5-13(8,11)12/h7,9H,2-6H2,1H3,(H2,8,11,12). The highest BCUT2D eigenvalue weighted by Crippen LogP contribution is 1.98. The van der Waals surface area contributed by atoms with Gasteiger partial charge in [0, 0.05) is 32.2 Å². The lowest BCUT2D eigenvalue weighted by atomic mass is 10.2. The van der Waals surface area contributed by atoms with Crippen molar-refractivity contribution >= 4 is 10.0 Å². The zero-order valence-corrected chi connectivity index (χ0v) is 8.68. The van der Waals surface area contributed by atoms with Crippen LogP contribution in [0.2, 0.25) is 0 Å². The van der Waals surface area contributed by atoms with E-state index >= 15 is 0 Å². The predicted molar refractivity (Wildman–Crippen MR) is 51.9 cm³/mol. The summed E-state index contributed by atoms with van der Waals surface area (Å²) in [5.41, 5.74) is 0. The van der Waals surface area contributed by atoms with Crippen LogP contribution in [0.1, 0.15) is 6.92 Å². The van der Waals surface area contributed by atoms with Crippen molar-refractivity contribution in [2.45, 2.75) is 13.0 Å². The molecule has 0 saturated carbocycles. The topological polar surface area (TPSA) is 75.4 Å². The number of piperazine rings is 1. The van der Waals surface area contributed by atoms with E-state index in [4.69, 9.17) is 5.14 Å². The number of nitrogens with zero attached hydrogens (tertiary/aromatic N) is 1. The molecule has 0 amide bonds. The number of nitrogens with two attached hydrogens (primary N) is 1. The lowest BCUT2D eigenvalue weighted by Crippen LogP contribution is -2.50. The fraction of sp³-hybridized carbons (Fsp3) is 1.00. The van der Waals surface area contributed by atoms with Crippen LogP contribution in [0.3, 0.4) is 0 Å².